The van der Waals surface area contributed by atoms with E-state index < -0.39 is 18.8 Å². The van der Waals surface area contributed by atoms with Crippen molar-refractivity contribution in [3.8, 4) is 0 Å². The fourth-order valence-electron chi connectivity index (χ4n) is 0.404. The van der Waals surface area contributed by atoms with Crippen LogP contribution in [0, 0.1) is 0 Å². The van der Waals surface area contributed by atoms with Crippen LogP contribution in [0.4, 0.5) is 18.0 Å². The van der Waals surface area contributed by atoms with Gasteiger partial charge < -0.3 is 9.84 Å². The van der Waals surface area contributed by atoms with Crippen LogP contribution in [0.15, 0.2) is 12.2 Å². The summed E-state index contributed by atoms with van der Waals surface area (Å²) in [5.74, 6) is 0. The zero-order chi connectivity index (χ0) is 9.61. The Bertz CT molecular complexity index is 173. The van der Waals surface area contributed by atoms with Crippen molar-refractivity contribution >= 4 is 6.16 Å². The molecule has 1 N–H and O–H groups in total. The molecule has 0 saturated heterocycles. The molecule has 12 heavy (non-hydrogen) atoms. The molecule has 0 rings (SSSR count). The Balaban J connectivity index is 3.45. The van der Waals surface area contributed by atoms with E-state index in [1.165, 1.54) is 0 Å². The number of hydrogen-bond donors (Lipinski definition) is 1. The van der Waals surface area contributed by atoms with Crippen molar-refractivity contribution in [2.24, 2.45) is 0 Å². The van der Waals surface area contributed by atoms with E-state index in [4.69, 9.17) is 5.11 Å². The molecule has 70 valence electrons. The number of rotatable bonds is 3. The van der Waals surface area contributed by atoms with Crippen LogP contribution >= 0.6 is 0 Å². The molecule has 0 bridgehead atoms. The fourth-order valence-corrected chi connectivity index (χ4v) is 0.404. The van der Waals surface area contributed by atoms with E-state index in [0.717, 1.165) is 12.2 Å². The Labute approximate surface area is 66.4 Å². The van der Waals surface area contributed by atoms with E-state index in [1.807, 2.05) is 0 Å². The van der Waals surface area contributed by atoms with Gasteiger partial charge in [0, 0.05) is 0 Å². The molecule has 0 aromatic heterocycles. The van der Waals surface area contributed by atoms with Crippen LogP contribution in [-0.2, 0) is 4.74 Å². The van der Waals surface area contributed by atoms with Crippen LogP contribution in [0.25, 0.3) is 0 Å². The first-order valence-corrected chi connectivity index (χ1v) is 2.99. The van der Waals surface area contributed by atoms with Gasteiger partial charge in [0.05, 0.1) is 6.42 Å². The third-order valence-electron chi connectivity index (χ3n) is 0.819. The molecule has 0 aromatic carbocycles. The molecule has 0 fully saturated rings. The summed E-state index contributed by atoms with van der Waals surface area (Å²) < 4.78 is 38.2. The molecule has 3 nitrogen and oxygen atoms in total. The minimum atomic E-state index is -4.25. The summed E-state index contributed by atoms with van der Waals surface area (Å²) in [4.78, 5) is 9.68. The lowest BCUT2D eigenvalue weighted by Gasteiger charge is -1.99. The number of halogens is 3. The van der Waals surface area contributed by atoms with Gasteiger partial charge in [-0.05, 0) is 0 Å². The average Bonchev–Trinajstić information content (AvgIpc) is 1.83. The predicted molar refractivity (Wildman–Crippen MR) is 33.8 cm³/mol. The summed E-state index contributed by atoms with van der Waals surface area (Å²) in [6, 6.07) is 0. The maximum absolute atomic E-state index is 11.4. The number of hydrogen-bond acceptors (Lipinski definition) is 2. The monoisotopic (exact) mass is 184 g/mol. The van der Waals surface area contributed by atoms with Gasteiger partial charge in [0.1, 0.15) is 6.61 Å². The van der Waals surface area contributed by atoms with Crippen LogP contribution in [0.5, 0.6) is 0 Å². The van der Waals surface area contributed by atoms with Gasteiger partial charge in [0.15, 0.2) is 0 Å². The average molecular weight is 184 g/mol. The quantitative estimate of drug-likeness (QED) is 0.540. The maximum atomic E-state index is 11.4. The molecule has 0 unspecified atom stereocenters. The third-order valence-corrected chi connectivity index (χ3v) is 0.819. The number of ether oxygens (including phenoxy) is 1. The van der Waals surface area contributed by atoms with Gasteiger partial charge in [-0.2, -0.15) is 13.2 Å². The standard InChI is InChI=1S/C6H7F3O3/c7-6(8,9)3-1-2-4-12-5(10)11/h1-2H,3-4H2,(H,10,11). The first-order chi connectivity index (χ1) is 5.42. The van der Waals surface area contributed by atoms with Crippen LogP contribution in [0.1, 0.15) is 6.42 Å². The van der Waals surface area contributed by atoms with Gasteiger partial charge >= 0.3 is 12.3 Å². The Morgan fingerprint density at radius 2 is 2.00 bits per heavy atom. The first kappa shape index (κ1) is 10.8. The maximum Gasteiger partial charge on any atom is 0.506 e. The van der Waals surface area contributed by atoms with Crippen molar-refractivity contribution in [1.82, 2.24) is 0 Å². The number of carboxylic acid groups (broad SMARTS) is 1. The van der Waals surface area contributed by atoms with Crippen molar-refractivity contribution in [2.45, 2.75) is 12.6 Å². The van der Waals surface area contributed by atoms with Crippen LogP contribution in [0.2, 0.25) is 0 Å². The van der Waals surface area contributed by atoms with E-state index in [9.17, 15) is 18.0 Å². The second kappa shape index (κ2) is 4.63. The molecule has 0 saturated carbocycles. The number of allylic oxidation sites excluding steroid dienone is 1. The lowest BCUT2D eigenvalue weighted by atomic mass is 10.4. The van der Waals surface area contributed by atoms with Crippen molar-refractivity contribution in [2.75, 3.05) is 6.61 Å². The number of carbonyl (C=O) groups is 1. The molecule has 0 spiro atoms. The zero-order valence-electron chi connectivity index (χ0n) is 5.97. The van der Waals surface area contributed by atoms with Crippen molar-refractivity contribution in [3.63, 3.8) is 0 Å². The molecule has 0 aromatic rings. The van der Waals surface area contributed by atoms with Crippen LogP contribution < -0.4 is 0 Å². The SMILES string of the molecule is O=C(O)OCC=CCC(F)(F)F. The summed E-state index contributed by atoms with van der Waals surface area (Å²) in [5.41, 5.74) is 0. The lowest BCUT2D eigenvalue weighted by Crippen LogP contribution is -2.05. The molecule has 6 heteroatoms. The summed E-state index contributed by atoms with van der Waals surface area (Å²) in [5, 5.41) is 7.89. The topological polar surface area (TPSA) is 46.5 Å². The molecule has 0 aliphatic rings. The second-order valence-electron chi connectivity index (χ2n) is 1.87. The molecule has 0 radical (unpaired) electrons. The molecular formula is C6H7F3O3. The summed E-state index contributed by atoms with van der Waals surface area (Å²) in [6.45, 7) is -0.356. The summed E-state index contributed by atoms with van der Waals surface area (Å²) >= 11 is 0. The third kappa shape index (κ3) is 8.80. The summed E-state index contributed by atoms with van der Waals surface area (Å²) in [6.07, 6.45) is -5.02. The minimum absolute atomic E-state index is 0.356. The molecule has 0 aliphatic heterocycles. The Morgan fingerprint density at radius 3 is 2.42 bits per heavy atom. The van der Waals surface area contributed by atoms with Crippen molar-refractivity contribution < 1.29 is 27.8 Å². The zero-order valence-corrected chi connectivity index (χ0v) is 5.97. The van der Waals surface area contributed by atoms with Crippen molar-refractivity contribution in [1.29, 1.82) is 0 Å². The summed E-state index contributed by atoms with van der Waals surface area (Å²) in [7, 11) is 0. The second-order valence-corrected chi connectivity index (χ2v) is 1.87. The largest absolute Gasteiger partial charge is 0.506 e. The van der Waals surface area contributed by atoms with Gasteiger partial charge in [-0.25, -0.2) is 4.79 Å². The smallest absolute Gasteiger partial charge is 0.450 e. The Morgan fingerprint density at radius 1 is 1.42 bits per heavy atom. The van der Waals surface area contributed by atoms with E-state index >= 15 is 0 Å². The van der Waals surface area contributed by atoms with E-state index in [1.54, 1.807) is 0 Å². The number of alkyl halides is 3. The van der Waals surface area contributed by atoms with Gasteiger partial charge in [0.25, 0.3) is 0 Å². The highest BCUT2D eigenvalue weighted by molar-refractivity contribution is 5.56. The van der Waals surface area contributed by atoms with Crippen LogP contribution in [0.3, 0.4) is 0 Å². The molecular weight excluding hydrogens is 177 g/mol. The molecule has 0 amide bonds. The highest BCUT2D eigenvalue weighted by Gasteiger charge is 2.24. The van der Waals surface area contributed by atoms with Crippen LogP contribution in [-0.4, -0.2) is 24.0 Å². The Kier molecular flexibility index (Phi) is 4.17. The first-order valence-electron chi connectivity index (χ1n) is 2.99. The van der Waals surface area contributed by atoms with E-state index in [2.05, 4.69) is 4.74 Å². The van der Waals surface area contributed by atoms with Gasteiger partial charge in [-0.1, -0.05) is 12.2 Å². The predicted octanol–water partition coefficient (Wildman–Crippen LogP) is 2.19. The fraction of sp³-hybridized carbons (Fsp3) is 0.500. The normalized spacial score (nSPS) is 11.9. The van der Waals surface area contributed by atoms with E-state index in [-0.39, 0.29) is 6.61 Å². The van der Waals surface area contributed by atoms with Gasteiger partial charge in [-0.3, -0.25) is 0 Å². The van der Waals surface area contributed by atoms with Gasteiger partial charge in [0.2, 0.25) is 0 Å². The Hall–Kier alpha value is -1.20. The van der Waals surface area contributed by atoms with E-state index in [0.29, 0.717) is 0 Å². The molecule has 0 heterocycles. The molecule has 0 aliphatic carbocycles. The lowest BCUT2D eigenvalue weighted by molar-refractivity contribution is -0.125. The van der Waals surface area contributed by atoms with Gasteiger partial charge in [-0.15, -0.1) is 0 Å². The molecule has 0 atom stereocenters. The minimum Gasteiger partial charge on any atom is -0.450 e. The highest BCUT2D eigenvalue weighted by Crippen LogP contribution is 2.19. The van der Waals surface area contributed by atoms with Crippen molar-refractivity contribution in [3.05, 3.63) is 12.2 Å². The highest BCUT2D eigenvalue weighted by atomic mass is 19.4.